The van der Waals surface area contributed by atoms with E-state index in [4.69, 9.17) is 0 Å². The number of nitrogens with zero attached hydrogens (tertiary/aromatic N) is 3. The number of guanidine groups is 1. The first-order valence-electron chi connectivity index (χ1n) is 8.61. The molecule has 0 saturated heterocycles. The third kappa shape index (κ3) is 6.65. The molecule has 25 heavy (non-hydrogen) atoms. The largest absolute Gasteiger partial charge is 0.351 e. The Hall–Kier alpha value is -1.63. The van der Waals surface area contributed by atoms with Crippen LogP contribution in [0.25, 0.3) is 10.8 Å². The van der Waals surface area contributed by atoms with Crippen LogP contribution < -0.4 is 5.32 Å². The third-order valence-electron chi connectivity index (χ3n) is 4.15. The van der Waals surface area contributed by atoms with Crippen molar-refractivity contribution in [3.05, 3.63) is 54.9 Å². The van der Waals surface area contributed by atoms with E-state index >= 15 is 0 Å². The zero-order chi connectivity index (χ0) is 17.2. The van der Waals surface area contributed by atoms with Gasteiger partial charge in [0.15, 0.2) is 5.96 Å². The van der Waals surface area contributed by atoms with Gasteiger partial charge in [-0.3, -0.25) is 9.98 Å². The Labute approximate surface area is 168 Å². The molecule has 0 unspecified atom stereocenters. The first-order chi connectivity index (χ1) is 11.8. The second-order valence-electron chi connectivity index (χ2n) is 5.94. The van der Waals surface area contributed by atoms with Crippen LogP contribution >= 0.6 is 24.0 Å². The highest BCUT2D eigenvalue weighted by Gasteiger charge is 2.07. The maximum Gasteiger partial charge on any atom is 0.193 e. The maximum absolute atomic E-state index is 4.52. The molecule has 0 aliphatic carbocycles. The maximum atomic E-state index is 4.52. The van der Waals surface area contributed by atoms with Crippen LogP contribution in [0.3, 0.4) is 0 Å². The number of aromatic nitrogens is 1. The van der Waals surface area contributed by atoms with Gasteiger partial charge in [0.1, 0.15) is 0 Å². The van der Waals surface area contributed by atoms with E-state index in [2.05, 4.69) is 58.1 Å². The smallest absolute Gasteiger partial charge is 0.193 e. The van der Waals surface area contributed by atoms with Gasteiger partial charge in [0, 0.05) is 32.2 Å². The van der Waals surface area contributed by atoms with Gasteiger partial charge in [0.25, 0.3) is 0 Å². The van der Waals surface area contributed by atoms with Crippen molar-refractivity contribution in [3.8, 4) is 0 Å². The van der Waals surface area contributed by atoms with Crippen LogP contribution in [-0.4, -0.2) is 36.5 Å². The Morgan fingerprint density at radius 1 is 1.24 bits per heavy atom. The number of nitrogens with one attached hydrogen (secondary N) is 1. The number of hydrogen-bond donors (Lipinski definition) is 1. The molecule has 0 fully saturated rings. The Bertz CT molecular complexity index is 679. The minimum absolute atomic E-state index is 0. The molecular formula is C20H29IN4. The Morgan fingerprint density at radius 3 is 2.80 bits per heavy atom. The minimum Gasteiger partial charge on any atom is -0.351 e. The number of hydrogen-bond acceptors (Lipinski definition) is 2. The van der Waals surface area contributed by atoms with Crippen LogP contribution in [0.5, 0.6) is 0 Å². The van der Waals surface area contributed by atoms with Gasteiger partial charge in [-0.05, 0) is 30.7 Å². The second kappa shape index (κ2) is 11.8. The highest BCUT2D eigenvalue weighted by atomic mass is 127. The molecule has 0 saturated carbocycles. The summed E-state index contributed by atoms with van der Waals surface area (Å²) >= 11 is 0. The van der Waals surface area contributed by atoms with Crippen molar-refractivity contribution in [3.63, 3.8) is 0 Å². The molecule has 4 nitrogen and oxygen atoms in total. The van der Waals surface area contributed by atoms with E-state index in [-0.39, 0.29) is 24.0 Å². The van der Waals surface area contributed by atoms with Crippen molar-refractivity contribution < 1.29 is 0 Å². The lowest BCUT2D eigenvalue weighted by Crippen LogP contribution is -2.39. The fraction of sp³-hybridized carbons (Fsp3) is 0.400. The zero-order valence-electron chi connectivity index (χ0n) is 15.2. The number of aliphatic imine (C=N–C) groups is 1. The highest BCUT2D eigenvalue weighted by molar-refractivity contribution is 14.0. The van der Waals surface area contributed by atoms with Crippen molar-refractivity contribution in [2.45, 2.75) is 32.2 Å². The van der Waals surface area contributed by atoms with E-state index in [1.165, 1.54) is 23.6 Å². The molecule has 1 aromatic carbocycles. The second-order valence-corrected chi connectivity index (χ2v) is 5.94. The lowest BCUT2D eigenvalue weighted by molar-refractivity contribution is 0.455. The van der Waals surface area contributed by atoms with Crippen molar-refractivity contribution >= 4 is 40.7 Å². The molecule has 1 N–H and O–H groups in total. The van der Waals surface area contributed by atoms with Gasteiger partial charge in [0.2, 0.25) is 0 Å². The first kappa shape index (κ1) is 21.4. The van der Waals surface area contributed by atoms with E-state index in [0.29, 0.717) is 6.54 Å². The Morgan fingerprint density at radius 2 is 2.04 bits per heavy atom. The molecule has 1 aromatic heterocycles. The molecule has 136 valence electrons. The molecule has 0 bridgehead atoms. The summed E-state index contributed by atoms with van der Waals surface area (Å²) in [5, 5.41) is 5.83. The van der Waals surface area contributed by atoms with Gasteiger partial charge in [-0.15, -0.1) is 30.6 Å². The predicted molar refractivity (Wildman–Crippen MR) is 119 cm³/mol. The molecule has 2 aromatic rings. The lowest BCUT2D eigenvalue weighted by atomic mass is 10.1. The van der Waals surface area contributed by atoms with E-state index in [9.17, 15) is 0 Å². The molecule has 2 rings (SSSR count). The average Bonchev–Trinajstić information content (AvgIpc) is 2.62. The van der Waals surface area contributed by atoms with Crippen molar-refractivity contribution in [1.29, 1.82) is 0 Å². The number of unbranched alkanes of at least 4 members (excludes halogenated alkanes) is 3. The number of rotatable bonds is 8. The Balaban J connectivity index is 0.00000312. The standard InChI is InChI=1S/C20H28N4.HI/c1-4-5-6-7-10-15-24(3)20(21-2)23-16-19-18-12-9-8-11-17(18)13-14-22-19;/h4,8-9,11-14H,1,5-7,10,15-16H2,2-3H3,(H,21,23);1H. The number of halogens is 1. The number of allylic oxidation sites excluding steroid dienone is 1. The molecule has 0 spiro atoms. The van der Waals surface area contributed by atoms with E-state index in [0.717, 1.165) is 31.0 Å². The summed E-state index contributed by atoms with van der Waals surface area (Å²) in [7, 11) is 3.91. The van der Waals surface area contributed by atoms with E-state index < -0.39 is 0 Å². The average molecular weight is 452 g/mol. The number of pyridine rings is 1. The summed E-state index contributed by atoms with van der Waals surface area (Å²) in [5.74, 6) is 0.911. The summed E-state index contributed by atoms with van der Waals surface area (Å²) in [6.45, 7) is 5.44. The molecule has 0 atom stereocenters. The number of benzene rings is 1. The Kier molecular flexibility index (Phi) is 10.1. The molecule has 0 aliphatic heterocycles. The van der Waals surface area contributed by atoms with Crippen LogP contribution in [0.15, 0.2) is 54.2 Å². The summed E-state index contributed by atoms with van der Waals surface area (Å²) in [6, 6.07) is 10.4. The third-order valence-corrected chi connectivity index (χ3v) is 4.15. The van der Waals surface area contributed by atoms with Crippen molar-refractivity contribution in [2.75, 3.05) is 20.6 Å². The van der Waals surface area contributed by atoms with Crippen molar-refractivity contribution in [2.24, 2.45) is 4.99 Å². The van der Waals surface area contributed by atoms with Crippen LogP contribution in [0.1, 0.15) is 31.4 Å². The van der Waals surface area contributed by atoms with Crippen LogP contribution in [0.4, 0.5) is 0 Å². The summed E-state index contributed by atoms with van der Waals surface area (Å²) in [5.41, 5.74) is 1.05. The minimum atomic E-state index is 0. The van der Waals surface area contributed by atoms with Crippen LogP contribution in [-0.2, 0) is 6.54 Å². The van der Waals surface area contributed by atoms with Gasteiger partial charge in [-0.1, -0.05) is 36.8 Å². The normalized spacial score (nSPS) is 11.0. The SMILES string of the molecule is C=CCCCCCN(C)C(=NC)NCc1nccc2ccccc12.I. The van der Waals surface area contributed by atoms with E-state index in [1.54, 1.807) is 0 Å². The number of fused-ring (bicyclic) bond motifs is 1. The summed E-state index contributed by atoms with van der Waals surface area (Å²) in [6.07, 6.45) is 8.55. The lowest BCUT2D eigenvalue weighted by Gasteiger charge is -2.22. The fourth-order valence-electron chi connectivity index (χ4n) is 2.79. The van der Waals surface area contributed by atoms with Gasteiger partial charge in [-0.25, -0.2) is 0 Å². The van der Waals surface area contributed by atoms with E-state index in [1.807, 2.05) is 25.4 Å². The fourth-order valence-corrected chi connectivity index (χ4v) is 2.79. The predicted octanol–water partition coefficient (Wildman–Crippen LogP) is 4.61. The molecule has 0 radical (unpaired) electrons. The van der Waals surface area contributed by atoms with Gasteiger partial charge in [-0.2, -0.15) is 0 Å². The molecule has 1 heterocycles. The topological polar surface area (TPSA) is 40.5 Å². The van der Waals surface area contributed by atoms with Crippen LogP contribution in [0, 0.1) is 0 Å². The molecular weight excluding hydrogens is 423 g/mol. The summed E-state index contributed by atoms with van der Waals surface area (Å²) in [4.78, 5) is 11.1. The quantitative estimate of drug-likeness (QED) is 0.209. The monoisotopic (exact) mass is 452 g/mol. The molecule has 5 heteroatoms. The van der Waals surface area contributed by atoms with Crippen molar-refractivity contribution in [1.82, 2.24) is 15.2 Å². The molecule has 0 aliphatic rings. The first-order valence-corrected chi connectivity index (χ1v) is 8.61. The van der Waals surface area contributed by atoms with Gasteiger partial charge >= 0.3 is 0 Å². The van der Waals surface area contributed by atoms with Gasteiger partial charge in [0.05, 0.1) is 12.2 Å². The highest BCUT2D eigenvalue weighted by Crippen LogP contribution is 2.16. The van der Waals surface area contributed by atoms with Gasteiger partial charge < -0.3 is 10.2 Å². The zero-order valence-corrected chi connectivity index (χ0v) is 17.6. The van der Waals surface area contributed by atoms with Crippen LogP contribution in [0.2, 0.25) is 0 Å². The molecule has 0 amide bonds. The summed E-state index contributed by atoms with van der Waals surface area (Å²) < 4.78 is 0.